The van der Waals surface area contributed by atoms with E-state index in [0.717, 1.165) is 22.5 Å². The summed E-state index contributed by atoms with van der Waals surface area (Å²) in [5, 5.41) is 6.22. The van der Waals surface area contributed by atoms with Crippen LogP contribution in [0.15, 0.2) is 111 Å². The standard InChI is InChI=1S/C30H36F2N5O2PS/c1-3-4-10-28(41(38,39)37-21-23-8-6-5-7-9-23)18-17-26(33-2)15-16-27-19-29(36-22-35-27)34-20-24-11-13-25(14-12-24)30(31,32)40/h4-16,18,22,33,37H,3,17,19-21,40H2,1-2H3,(H,34,35,36)/b10-4-,26-15-,27-16+,28-18+. The van der Waals surface area contributed by atoms with Gasteiger partial charge in [-0.2, -0.15) is 8.78 Å². The zero-order chi connectivity index (χ0) is 29.7. The molecule has 0 amide bonds. The average molecular weight is 600 g/mol. The molecular formula is C30H36F2N5O2PS. The van der Waals surface area contributed by atoms with Gasteiger partial charge in [0.15, 0.2) is 0 Å². The molecule has 1 aliphatic rings. The summed E-state index contributed by atoms with van der Waals surface area (Å²) in [4.78, 5) is 9.00. The first-order valence-electron chi connectivity index (χ1n) is 13.2. The topological polar surface area (TPSA) is 94.9 Å². The fraction of sp³-hybridized carbons (Fsp3) is 0.267. The van der Waals surface area contributed by atoms with Gasteiger partial charge in [-0.1, -0.05) is 82.9 Å². The van der Waals surface area contributed by atoms with Crippen molar-refractivity contribution in [3.8, 4) is 0 Å². The van der Waals surface area contributed by atoms with Crippen LogP contribution in [0.25, 0.3) is 0 Å². The van der Waals surface area contributed by atoms with Gasteiger partial charge >= 0.3 is 0 Å². The summed E-state index contributed by atoms with van der Waals surface area (Å²) in [6, 6.07) is 15.4. The van der Waals surface area contributed by atoms with Gasteiger partial charge in [-0.3, -0.25) is 4.99 Å². The molecule has 3 N–H and O–H groups in total. The van der Waals surface area contributed by atoms with E-state index < -0.39 is 15.7 Å². The van der Waals surface area contributed by atoms with Crippen LogP contribution in [0.3, 0.4) is 0 Å². The highest BCUT2D eigenvalue weighted by atomic mass is 32.2. The third kappa shape index (κ3) is 10.8. The minimum Gasteiger partial charge on any atom is -0.391 e. The van der Waals surface area contributed by atoms with Gasteiger partial charge < -0.3 is 10.6 Å². The summed E-state index contributed by atoms with van der Waals surface area (Å²) in [7, 11) is -0.393. The third-order valence-electron chi connectivity index (χ3n) is 6.06. The van der Waals surface area contributed by atoms with Gasteiger partial charge in [0.1, 0.15) is 5.84 Å². The minimum absolute atomic E-state index is 0.0690. The molecule has 1 heterocycles. The lowest BCUT2D eigenvalue weighted by Crippen LogP contribution is -2.24. The SMILES string of the molecule is CC/C=C\C(=C/C/C(=C/C=C1\CC(=NCc2ccc(C(F)(F)P)cc2)N=CN1)NC)S(=O)(=O)NCc1ccccc1. The molecule has 0 spiro atoms. The van der Waals surface area contributed by atoms with E-state index in [1.54, 1.807) is 37.7 Å². The molecule has 1 aliphatic heterocycles. The molecule has 218 valence electrons. The van der Waals surface area contributed by atoms with Crippen molar-refractivity contribution in [3.63, 3.8) is 0 Å². The first-order chi connectivity index (χ1) is 19.6. The van der Waals surface area contributed by atoms with Crippen molar-refractivity contribution in [2.75, 3.05) is 7.05 Å². The van der Waals surface area contributed by atoms with Crippen molar-refractivity contribution in [1.29, 1.82) is 0 Å². The van der Waals surface area contributed by atoms with Crippen LogP contribution in [0.5, 0.6) is 0 Å². The number of benzene rings is 2. The summed E-state index contributed by atoms with van der Waals surface area (Å²) in [6.07, 6.45) is 12.0. The highest BCUT2D eigenvalue weighted by Gasteiger charge is 2.23. The number of sulfonamides is 1. The molecule has 11 heteroatoms. The van der Waals surface area contributed by atoms with Crippen LogP contribution in [0.1, 0.15) is 42.9 Å². The van der Waals surface area contributed by atoms with E-state index >= 15 is 0 Å². The van der Waals surface area contributed by atoms with Crippen molar-refractivity contribution in [1.82, 2.24) is 15.4 Å². The molecule has 2 aromatic carbocycles. The maximum absolute atomic E-state index is 13.4. The maximum Gasteiger partial charge on any atom is 0.283 e. The van der Waals surface area contributed by atoms with Crippen LogP contribution in [0.2, 0.25) is 0 Å². The average Bonchev–Trinajstić information content (AvgIpc) is 2.97. The Morgan fingerprint density at radius 1 is 1.15 bits per heavy atom. The summed E-state index contributed by atoms with van der Waals surface area (Å²) in [5.74, 6) is 0.609. The zero-order valence-electron chi connectivity index (χ0n) is 23.1. The second-order valence-electron chi connectivity index (χ2n) is 9.20. The number of nitrogens with one attached hydrogen (secondary N) is 3. The molecule has 3 rings (SSSR count). The van der Waals surface area contributed by atoms with E-state index in [4.69, 9.17) is 0 Å². The van der Waals surface area contributed by atoms with Gasteiger partial charge in [-0.25, -0.2) is 18.1 Å². The molecule has 0 bridgehead atoms. The van der Waals surface area contributed by atoms with Gasteiger partial charge in [0.2, 0.25) is 10.0 Å². The summed E-state index contributed by atoms with van der Waals surface area (Å²) in [5.41, 5.74) is 0.325. The Morgan fingerprint density at radius 2 is 1.88 bits per heavy atom. The highest BCUT2D eigenvalue weighted by Crippen LogP contribution is 2.34. The van der Waals surface area contributed by atoms with Crippen LogP contribution < -0.4 is 15.4 Å². The van der Waals surface area contributed by atoms with Crippen LogP contribution in [-0.2, 0) is 28.8 Å². The smallest absolute Gasteiger partial charge is 0.283 e. The third-order valence-corrected chi connectivity index (χ3v) is 7.84. The Kier molecular flexibility index (Phi) is 12.1. The van der Waals surface area contributed by atoms with E-state index in [1.807, 2.05) is 55.5 Å². The normalized spacial score (nSPS) is 16.9. The van der Waals surface area contributed by atoms with Gasteiger partial charge in [0.25, 0.3) is 5.66 Å². The van der Waals surface area contributed by atoms with Gasteiger partial charge in [-0.15, -0.1) is 0 Å². The van der Waals surface area contributed by atoms with Crippen LogP contribution >= 0.6 is 9.24 Å². The molecule has 41 heavy (non-hydrogen) atoms. The molecule has 2 aromatic rings. The molecule has 0 aromatic heterocycles. The number of hydrogen-bond acceptors (Lipinski definition) is 5. The number of nitrogens with zero attached hydrogens (tertiary/aromatic N) is 2. The van der Waals surface area contributed by atoms with E-state index in [-0.39, 0.29) is 17.0 Å². The van der Waals surface area contributed by atoms with Crippen molar-refractivity contribution in [2.24, 2.45) is 9.98 Å². The number of hydrogen-bond donors (Lipinski definition) is 3. The van der Waals surface area contributed by atoms with Crippen molar-refractivity contribution < 1.29 is 17.2 Å². The Morgan fingerprint density at radius 3 is 2.54 bits per heavy atom. The fourth-order valence-corrected chi connectivity index (χ4v) is 4.99. The quantitative estimate of drug-likeness (QED) is 0.198. The predicted molar refractivity (Wildman–Crippen MR) is 167 cm³/mol. The Hall–Kier alpha value is -3.46. The lowest BCUT2D eigenvalue weighted by molar-refractivity contribution is 0.104. The largest absolute Gasteiger partial charge is 0.391 e. The van der Waals surface area contributed by atoms with E-state index in [2.05, 4.69) is 25.3 Å². The molecule has 0 saturated carbocycles. The van der Waals surface area contributed by atoms with Crippen molar-refractivity contribution in [3.05, 3.63) is 118 Å². The summed E-state index contributed by atoms with van der Waals surface area (Å²) < 4.78 is 55.5. The predicted octanol–water partition coefficient (Wildman–Crippen LogP) is 5.88. The second-order valence-corrected chi connectivity index (χ2v) is 11.7. The first kappa shape index (κ1) is 32.1. The molecule has 1 unspecified atom stereocenters. The Labute approximate surface area is 243 Å². The van der Waals surface area contributed by atoms with Crippen molar-refractivity contribution >= 4 is 31.4 Å². The Balaban J connectivity index is 1.67. The number of alkyl halides is 2. The molecule has 0 aliphatic carbocycles. The molecule has 0 fully saturated rings. The van der Waals surface area contributed by atoms with Crippen molar-refractivity contribution in [2.45, 2.75) is 44.9 Å². The summed E-state index contributed by atoms with van der Waals surface area (Å²) in [6.45, 7) is 2.48. The zero-order valence-corrected chi connectivity index (χ0v) is 25.1. The molecule has 7 nitrogen and oxygen atoms in total. The number of allylic oxidation sites excluding steroid dienone is 5. The van der Waals surface area contributed by atoms with Crippen LogP contribution in [0, 0.1) is 0 Å². The second kappa shape index (κ2) is 15.5. The van der Waals surface area contributed by atoms with E-state index in [0.29, 0.717) is 31.6 Å². The lowest BCUT2D eigenvalue weighted by atomic mass is 10.1. The molecule has 0 saturated heterocycles. The Bertz CT molecular complexity index is 1440. The lowest BCUT2D eigenvalue weighted by Gasteiger charge is -2.13. The van der Waals surface area contributed by atoms with Crippen LogP contribution in [0.4, 0.5) is 8.78 Å². The maximum atomic E-state index is 13.4. The molecular weight excluding hydrogens is 563 g/mol. The monoisotopic (exact) mass is 599 g/mol. The van der Waals surface area contributed by atoms with Gasteiger partial charge in [-0.05, 0) is 35.8 Å². The number of amidine groups is 1. The van der Waals surface area contributed by atoms with Gasteiger partial charge in [0.05, 0.1) is 17.8 Å². The van der Waals surface area contributed by atoms with E-state index in [9.17, 15) is 17.2 Å². The summed E-state index contributed by atoms with van der Waals surface area (Å²) >= 11 is 0. The van der Waals surface area contributed by atoms with Gasteiger partial charge in [0, 0.05) is 43.4 Å². The first-order valence-corrected chi connectivity index (χ1v) is 15.2. The molecule has 0 radical (unpaired) electrons. The van der Waals surface area contributed by atoms with Crippen LogP contribution in [-0.4, -0.2) is 27.6 Å². The number of halogens is 2. The number of aliphatic imine (C=N–C) groups is 2. The minimum atomic E-state index is -3.71. The fourth-order valence-electron chi connectivity index (χ4n) is 3.70. The van der Waals surface area contributed by atoms with E-state index in [1.165, 1.54) is 21.4 Å². The molecule has 1 atom stereocenters. The highest BCUT2D eigenvalue weighted by molar-refractivity contribution is 7.93. The number of rotatable bonds is 13.